The van der Waals surface area contributed by atoms with Crippen LogP contribution in [0.1, 0.15) is 0 Å². The van der Waals surface area contributed by atoms with E-state index in [0.29, 0.717) is 30.2 Å². The van der Waals surface area contributed by atoms with Crippen molar-refractivity contribution in [3.05, 3.63) is 59.0 Å². The minimum atomic E-state index is -1.36. The molecule has 0 unspecified atom stereocenters. The average molecular weight is 518 g/mol. The Balaban J connectivity index is 1.66. The highest BCUT2D eigenvalue weighted by Gasteiger charge is 2.40. The minimum absolute atomic E-state index is 0.0404. The highest BCUT2D eigenvalue weighted by atomic mass is 16.6. The van der Waals surface area contributed by atoms with Crippen LogP contribution in [0.15, 0.2) is 48.9 Å². The summed E-state index contributed by atoms with van der Waals surface area (Å²) in [6, 6.07) is 5.51. The molecule has 1 fully saturated rings. The Morgan fingerprint density at radius 1 is 1.24 bits per heavy atom. The summed E-state index contributed by atoms with van der Waals surface area (Å²) in [5, 5.41) is 54.4. The maximum atomic E-state index is 11.7. The van der Waals surface area contributed by atoms with E-state index in [1.165, 1.54) is 18.3 Å². The number of β-amino-alcohol motifs (C(OH)–C–C–N with tert-alkyl or cyclic N) is 1. The van der Waals surface area contributed by atoms with E-state index < -0.39 is 41.8 Å². The number of aliphatic hydroxyl groups excluding tert-OH is 4. The van der Waals surface area contributed by atoms with Gasteiger partial charge in [-0.1, -0.05) is 0 Å². The van der Waals surface area contributed by atoms with E-state index in [-0.39, 0.29) is 25.3 Å². The summed E-state index contributed by atoms with van der Waals surface area (Å²) in [4.78, 5) is 34.0. The number of benzene rings is 1. The van der Waals surface area contributed by atoms with Crippen molar-refractivity contribution < 1.29 is 30.1 Å². The fourth-order valence-corrected chi connectivity index (χ4v) is 4.09. The molecule has 2 aromatic rings. The molecule has 1 aromatic heterocycles. The number of hydrogen-bond donors (Lipinski definition) is 6. The van der Waals surface area contributed by atoms with Gasteiger partial charge in [-0.25, -0.2) is 9.97 Å². The molecule has 2 heterocycles. The van der Waals surface area contributed by atoms with Crippen molar-refractivity contribution in [2.75, 3.05) is 44.6 Å². The van der Waals surface area contributed by atoms with Crippen LogP contribution in [-0.4, -0.2) is 115 Å². The molecule has 1 aliphatic heterocycles. The van der Waals surface area contributed by atoms with Gasteiger partial charge in [-0.2, -0.15) is 0 Å². The second kappa shape index (κ2) is 13.0. The van der Waals surface area contributed by atoms with Crippen LogP contribution in [0.3, 0.4) is 0 Å². The van der Waals surface area contributed by atoms with E-state index in [4.69, 9.17) is 5.73 Å². The van der Waals surface area contributed by atoms with Gasteiger partial charge in [-0.3, -0.25) is 19.8 Å². The molecule has 37 heavy (non-hydrogen) atoms. The van der Waals surface area contributed by atoms with Gasteiger partial charge in [-0.05, 0) is 18.2 Å². The summed E-state index contributed by atoms with van der Waals surface area (Å²) in [5.74, 6) is -0.297. The number of amides is 1. The van der Waals surface area contributed by atoms with Crippen molar-refractivity contribution >= 4 is 17.3 Å². The zero-order valence-corrected chi connectivity index (χ0v) is 20.0. The van der Waals surface area contributed by atoms with Gasteiger partial charge in [0.15, 0.2) is 5.82 Å². The first-order chi connectivity index (χ1) is 17.7. The van der Waals surface area contributed by atoms with Gasteiger partial charge < -0.3 is 36.4 Å². The van der Waals surface area contributed by atoms with Gasteiger partial charge in [0.1, 0.15) is 17.9 Å². The molecule has 1 aromatic carbocycles. The number of aromatic nitrogens is 2. The number of rotatable bonds is 12. The molecular formula is C23H31N7O7. The second-order valence-corrected chi connectivity index (χ2v) is 8.54. The van der Waals surface area contributed by atoms with Gasteiger partial charge in [0.25, 0.3) is 5.69 Å². The Morgan fingerprint density at radius 3 is 2.62 bits per heavy atom. The van der Waals surface area contributed by atoms with Crippen LogP contribution in [0.5, 0.6) is 0 Å². The van der Waals surface area contributed by atoms with Crippen molar-refractivity contribution in [3.63, 3.8) is 0 Å². The first kappa shape index (κ1) is 27.9. The highest BCUT2D eigenvalue weighted by Crippen LogP contribution is 2.29. The normalized spacial score (nSPS) is 22.2. The lowest BCUT2D eigenvalue weighted by Gasteiger charge is -2.43. The summed E-state index contributed by atoms with van der Waals surface area (Å²) in [6.07, 6.45) is 1.88. The molecule has 0 aliphatic carbocycles. The fraction of sp³-hybridized carbons (Fsp3) is 0.435. The third-order valence-electron chi connectivity index (χ3n) is 6.07. The summed E-state index contributed by atoms with van der Waals surface area (Å²) >= 11 is 0. The van der Waals surface area contributed by atoms with E-state index in [9.17, 15) is 35.3 Å². The predicted molar refractivity (Wildman–Crippen MR) is 133 cm³/mol. The number of carbonyl (C=O) groups excluding carboxylic acids is 1. The largest absolute Gasteiger partial charge is 0.395 e. The van der Waals surface area contributed by atoms with Crippen molar-refractivity contribution in [2.24, 2.45) is 5.73 Å². The standard InChI is InChI=1S/C23H31N7O7/c24-20(33)4-8-28(10-11-29-13-19(32)22(35)21(34)18(29)14-31)9-7-25-16-3-2-15(12-17(16)30(36)37)23-26-5-1-6-27-23/h1-6,8,12,18-19,21-22,25,31-32,34-35H,7,9-11,13-14H2,(H2,24,33)/t18-,19+,21-,22-/m1/s1. The number of nitrogens with two attached hydrogens (primary N) is 1. The van der Waals surface area contributed by atoms with Crippen molar-refractivity contribution in [1.82, 2.24) is 19.8 Å². The number of nitro benzene ring substituents is 1. The molecule has 1 saturated heterocycles. The van der Waals surface area contributed by atoms with Crippen molar-refractivity contribution in [3.8, 4) is 11.4 Å². The quantitative estimate of drug-likeness (QED) is 0.108. The first-order valence-corrected chi connectivity index (χ1v) is 11.6. The zero-order chi connectivity index (χ0) is 26.9. The molecule has 7 N–H and O–H groups in total. The van der Waals surface area contributed by atoms with Gasteiger partial charge in [-0.15, -0.1) is 0 Å². The predicted octanol–water partition coefficient (Wildman–Crippen LogP) is -1.48. The number of likely N-dealkylation sites (tertiary alicyclic amines) is 1. The molecular weight excluding hydrogens is 486 g/mol. The Hall–Kier alpha value is -3.69. The highest BCUT2D eigenvalue weighted by molar-refractivity contribution is 5.85. The maximum absolute atomic E-state index is 11.7. The Kier molecular flexibility index (Phi) is 9.82. The molecule has 1 amide bonds. The summed E-state index contributed by atoms with van der Waals surface area (Å²) in [6.45, 7) is 0.787. The third-order valence-corrected chi connectivity index (χ3v) is 6.07. The Labute approximate surface area is 212 Å². The number of nitrogens with zero attached hydrogens (tertiary/aromatic N) is 5. The number of aliphatic hydroxyl groups is 4. The summed E-state index contributed by atoms with van der Waals surface area (Å²) in [7, 11) is 0. The van der Waals surface area contributed by atoms with E-state index >= 15 is 0 Å². The van der Waals surface area contributed by atoms with Gasteiger partial charge in [0, 0.05) is 69.0 Å². The number of nitrogens with one attached hydrogen (secondary N) is 1. The van der Waals surface area contributed by atoms with Gasteiger partial charge in [0.2, 0.25) is 5.91 Å². The van der Waals surface area contributed by atoms with Crippen LogP contribution in [-0.2, 0) is 4.79 Å². The fourth-order valence-electron chi connectivity index (χ4n) is 4.09. The molecule has 4 atom stereocenters. The zero-order valence-electron chi connectivity index (χ0n) is 20.0. The minimum Gasteiger partial charge on any atom is -0.395 e. The molecule has 0 saturated carbocycles. The molecule has 0 radical (unpaired) electrons. The number of nitro groups is 1. The molecule has 0 spiro atoms. The number of carbonyl (C=O) groups is 1. The van der Waals surface area contributed by atoms with Gasteiger partial charge in [0.05, 0.1) is 23.7 Å². The molecule has 14 heteroatoms. The maximum Gasteiger partial charge on any atom is 0.293 e. The molecule has 200 valence electrons. The van der Waals surface area contributed by atoms with E-state index in [1.807, 2.05) is 0 Å². The number of anilines is 1. The van der Waals surface area contributed by atoms with Gasteiger partial charge >= 0.3 is 0 Å². The summed E-state index contributed by atoms with van der Waals surface area (Å²) in [5.41, 5.74) is 5.86. The SMILES string of the molecule is NC(=O)C=CN(CCNc1ccc(-c2ncccn2)cc1[N+](=O)[O-])CCN1C[C@H](O)[C@@H](O)[C@H](O)[C@H]1CO. The third kappa shape index (κ3) is 7.41. The lowest BCUT2D eigenvalue weighted by atomic mass is 9.94. The number of primary amides is 1. The van der Waals surface area contributed by atoms with Crippen molar-refractivity contribution in [1.29, 1.82) is 0 Å². The smallest absolute Gasteiger partial charge is 0.293 e. The van der Waals surface area contributed by atoms with Crippen molar-refractivity contribution in [2.45, 2.75) is 24.4 Å². The van der Waals surface area contributed by atoms with E-state index in [1.54, 1.807) is 40.4 Å². The van der Waals surface area contributed by atoms with Crippen LogP contribution in [0.4, 0.5) is 11.4 Å². The monoisotopic (exact) mass is 517 g/mol. The van der Waals surface area contributed by atoms with E-state index in [0.717, 1.165) is 0 Å². The molecule has 3 rings (SSSR count). The van der Waals surface area contributed by atoms with Crippen LogP contribution < -0.4 is 11.1 Å². The molecule has 14 nitrogen and oxygen atoms in total. The van der Waals surface area contributed by atoms with Crippen LogP contribution in [0, 0.1) is 10.1 Å². The van der Waals surface area contributed by atoms with E-state index in [2.05, 4.69) is 15.3 Å². The molecule has 1 aliphatic rings. The second-order valence-electron chi connectivity index (χ2n) is 8.54. The average Bonchev–Trinajstić information content (AvgIpc) is 2.89. The number of piperidine rings is 1. The van der Waals surface area contributed by atoms with Crippen LogP contribution >= 0.6 is 0 Å². The first-order valence-electron chi connectivity index (χ1n) is 11.6. The van der Waals surface area contributed by atoms with Crippen LogP contribution in [0.25, 0.3) is 11.4 Å². The molecule has 0 bridgehead atoms. The topological polar surface area (TPSA) is 211 Å². The number of hydrogen-bond acceptors (Lipinski definition) is 12. The van der Waals surface area contributed by atoms with Crippen LogP contribution in [0.2, 0.25) is 0 Å². The lowest BCUT2D eigenvalue weighted by Crippen LogP contribution is -2.63. The summed E-state index contributed by atoms with van der Waals surface area (Å²) < 4.78 is 0. The Morgan fingerprint density at radius 2 is 1.97 bits per heavy atom. The lowest BCUT2D eigenvalue weighted by molar-refractivity contribution is -0.383. The Bertz CT molecular complexity index is 1090.